The number of esters is 1. The predicted octanol–water partition coefficient (Wildman–Crippen LogP) is 6.69. The van der Waals surface area contributed by atoms with Crippen molar-refractivity contribution in [3.05, 3.63) is 108 Å². The van der Waals surface area contributed by atoms with Crippen molar-refractivity contribution in [2.45, 2.75) is 52.8 Å². The van der Waals surface area contributed by atoms with Crippen molar-refractivity contribution in [1.29, 1.82) is 0 Å². The summed E-state index contributed by atoms with van der Waals surface area (Å²) >= 11 is -1.70. The summed E-state index contributed by atoms with van der Waals surface area (Å²) < 4.78 is 8.77. The van der Waals surface area contributed by atoms with E-state index in [0.29, 0.717) is 13.0 Å². The SMILES string of the molecule is CCCCCC(=O)OCC.c1ccc([CH2][SnH]([CH2]c2ccccc2)[CH2]c2ccccc2)cc1. The monoisotopic (exact) mass is 538 g/mol. The second kappa shape index (κ2) is 16.5. The molecule has 3 aromatic carbocycles. The van der Waals surface area contributed by atoms with Crippen LogP contribution in [0, 0.1) is 0 Å². The molecule has 2 nitrogen and oxygen atoms in total. The summed E-state index contributed by atoms with van der Waals surface area (Å²) in [4.78, 5) is 10.7. The summed E-state index contributed by atoms with van der Waals surface area (Å²) in [6.45, 7) is 4.45. The van der Waals surface area contributed by atoms with Crippen LogP contribution in [0.5, 0.6) is 0 Å². The molecule has 0 saturated heterocycles. The molecule has 0 aromatic heterocycles. The van der Waals surface area contributed by atoms with Crippen LogP contribution in [0.1, 0.15) is 56.2 Å². The Morgan fingerprint density at radius 2 is 1.06 bits per heavy atom. The van der Waals surface area contributed by atoms with Gasteiger partial charge in [0.2, 0.25) is 0 Å². The van der Waals surface area contributed by atoms with Gasteiger partial charge in [-0.2, -0.15) is 0 Å². The van der Waals surface area contributed by atoms with Gasteiger partial charge in [0.25, 0.3) is 0 Å². The first-order chi connectivity index (χ1) is 15.7. The van der Waals surface area contributed by atoms with Gasteiger partial charge < -0.3 is 4.74 Å². The zero-order chi connectivity index (χ0) is 22.9. The molecular formula is C29H38O2Sn. The van der Waals surface area contributed by atoms with Gasteiger partial charge in [-0.15, -0.1) is 0 Å². The second-order valence-corrected chi connectivity index (χ2v) is 16.6. The third kappa shape index (κ3) is 11.5. The molecule has 0 aliphatic carbocycles. The second-order valence-electron chi connectivity index (χ2n) is 8.20. The van der Waals surface area contributed by atoms with E-state index < -0.39 is 19.8 Å². The Morgan fingerprint density at radius 1 is 0.656 bits per heavy atom. The number of unbranched alkanes of at least 4 members (excludes halogenated alkanes) is 2. The third-order valence-electron chi connectivity index (χ3n) is 5.39. The standard InChI is InChI=1S/C8H16O2.3C7H7.Sn.H/c1-3-5-6-7-8(9)10-4-2;3*1-7-5-3-2-4-6-7;;/h3-7H2,1-2H3;3*2-6H,1H2;;. The zero-order valence-corrected chi connectivity index (χ0v) is 23.0. The van der Waals surface area contributed by atoms with Crippen LogP contribution in [0.4, 0.5) is 0 Å². The molecule has 0 aliphatic heterocycles. The zero-order valence-electron chi connectivity index (χ0n) is 19.7. The Labute approximate surface area is 201 Å². The van der Waals surface area contributed by atoms with Gasteiger partial charge in [-0.1, -0.05) is 19.8 Å². The average molecular weight is 537 g/mol. The first-order valence-corrected chi connectivity index (χ1v) is 19.0. The van der Waals surface area contributed by atoms with Gasteiger partial charge in [0.05, 0.1) is 6.61 Å². The maximum atomic E-state index is 10.7. The number of hydrogen-bond donors (Lipinski definition) is 0. The van der Waals surface area contributed by atoms with Crippen LogP contribution in [0.25, 0.3) is 0 Å². The summed E-state index contributed by atoms with van der Waals surface area (Å²) in [5.74, 6) is -0.0593. The molecule has 0 bridgehead atoms. The molecule has 3 aromatic rings. The molecule has 0 unspecified atom stereocenters. The van der Waals surface area contributed by atoms with Gasteiger partial charge in [-0.3, -0.25) is 4.79 Å². The quantitative estimate of drug-likeness (QED) is 0.155. The van der Waals surface area contributed by atoms with Crippen LogP contribution >= 0.6 is 0 Å². The summed E-state index contributed by atoms with van der Waals surface area (Å²) in [5.41, 5.74) is 4.57. The Kier molecular flexibility index (Phi) is 13.5. The van der Waals surface area contributed by atoms with E-state index in [-0.39, 0.29) is 5.97 Å². The molecule has 0 atom stereocenters. The van der Waals surface area contributed by atoms with Gasteiger partial charge in [-0.25, -0.2) is 0 Å². The maximum absolute atomic E-state index is 10.7. The van der Waals surface area contributed by atoms with Crippen LogP contribution in [-0.2, 0) is 22.8 Å². The number of ether oxygens (including phenoxy) is 1. The number of carbonyl (C=O) groups is 1. The van der Waals surface area contributed by atoms with E-state index in [4.69, 9.17) is 4.74 Å². The van der Waals surface area contributed by atoms with Gasteiger partial charge in [0.1, 0.15) is 0 Å². The third-order valence-corrected chi connectivity index (χ3v) is 14.4. The number of benzene rings is 3. The van der Waals surface area contributed by atoms with E-state index in [1.54, 1.807) is 0 Å². The predicted molar refractivity (Wildman–Crippen MR) is 138 cm³/mol. The Morgan fingerprint density at radius 3 is 1.41 bits per heavy atom. The van der Waals surface area contributed by atoms with Crippen molar-refractivity contribution in [2.75, 3.05) is 6.61 Å². The van der Waals surface area contributed by atoms with Crippen molar-refractivity contribution in [2.24, 2.45) is 0 Å². The molecule has 3 rings (SSSR count). The number of rotatable bonds is 11. The fourth-order valence-corrected chi connectivity index (χ4v) is 13.1. The molecule has 32 heavy (non-hydrogen) atoms. The average Bonchev–Trinajstić information content (AvgIpc) is 2.82. The van der Waals surface area contributed by atoms with E-state index in [1.807, 2.05) is 6.92 Å². The van der Waals surface area contributed by atoms with Crippen LogP contribution in [-0.4, -0.2) is 32.3 Å². The molecule has 0 saturated carbocycles. The van der Waals surface area contributed by atoms with Crippen LogP contribution in [0.3, 0.4) is 0 Å². The Balaban J connectivity index is 0.000000309. The van der Waals surface area contributed by atoms with E-state index in [1.165, 1.54) is 30.0 Å². The van der Waals surface area contributed by atoms with Gasteiger partial charge in [-0.05, 0) is 13.3 Å². The number of hydrogen-bond acceptors (Lipinski definition) is 2. The fraction of sp³-hybridized carbons (Fsp3) is 0.345. The van der Waals surface area contributed by atoms with Crippen molar-refractivity contribution in [1.82, 2.24) is 0 Å². The minimum atomic E-state index is -1.70. The molecule has 170 valence electrons. The van der Waals surface area contributed by atoms with Gasteiger partial charge in [0, 0.05) is 6.42 Å². The van der Waals surface area contributed by atoms with Crippen LogP contribution in [0.15, 0.2) is 91.0 Å². The van der Waals surface area contributed by atoms with Crippen molar-refractivity contribution in [3.8, 4) is 0 Å². The van der Waals surface area contributed by atoms with Gasteiger partial charge >= 0.3 is 147 Å². The van der Waals surface area contributed by atoms with E-state index in [2.05, 4.69) is 97.9 Å². The van der Waals surface area contributed by atoms with Crippen molar-refractivity contribution < 1.29 is 9.53 Å². The minimum absolute atomic E-state index is 0.0593. The summed E-state index contributed by atoms with van der Waals surface area (Å²) in [6.07, 6.45) is 3.83. The fourth-order valence-electron chi connectivity index (χ4n) is 3.81. The molecule has 0 heterocycles. The topological polar surface area (TPSA) is 26.3 Å². The summed E-state index contributed by atoms with van der Waals surface area (Å²) in [6, 6.07) is 33.1. The van der Waals surface area contributed by atoms with E-state index >= 15 is 0 Å². The van der Waals surface area contributed by atoms with E-state index in [9.17, 15) is 4.79 Å². The van der Waals surface area contributed by atoms with Crippen molar-refractivity contribution in [3.63, 3.8) is 0 Å². The first kappa shape index (κ1) is 26.2. The molecule has 3 heteroatoms. The first-order valence-electron chi connectivity index (χ1n) is 12.0. The molecule has 0 amide bonds. The van der Waals surface area contributed by atoms with Crippen LogP contribution < -0.4 is 0 Å². The van der Waals surface area contributed by atoms with E-state index in [0.717, 1.165) is 19.3 Å². The molecule has 0 spiro atoms. The van der Waals surface area contributed by atoms with Crippen molar-refractivity contribution >= 4 is 25.7 Å². The molecular weight excluding hydrogens is 499 g/mol. The molecule has 0 N–H and O–H groups in total. The Hall–Kier alpha value is -2.07. The molecule has 0 radical (unpaired) electrons. The summed E-state index contributed by atoms with van der Waals surface area (Å²) in [5, 5.41) is 0. The molecule has 0 fully saturated rings. The van der Waals surface area contributed by atoms with Crippen LogP contribution in [0.2, 0.25) is 0 Å². The number of carbonyl (C=O) groups excluding carboxylic acids is 1. The van der Waals surface area contributed by atoms with Gasteiger partial charge in [0.15, 0.2) is 0 Å². The normalized spacial score (nSPS) is 10.3. The summed E-state index contributed by atoms with van der Waals surface area (Å²) in [7, 11) is 0. The molecule has 0 aliphatic rings. The Bertz CT molecular complexity index is 751.